The number of allylic oxidation sites excluding steroid dienone is 3. The van der Waals surface area contributed by atoms with Crippen LogP contribution in [0, 0.1) is 0 Å². The number of rotatable bonds is 3. The summed E-state index contributed by atoms with van der Waals surface area (Å²) in [4.78, 5) is 0. The molecule has 11 heavy (non-hydrogen) atoms. The van der Waals surface area contributed by atoms with Crippen molar-refractivity contribution in [1.82, 2.24) is 5.32 Å². The van der Waals surface area contributed by atoms with Gasteiger partial charge in [0.05, 0.1) is 0 Å². The van der Waals surface area contributed by atoms with Crippen molar-refractivity contribution in [2.24, 2.45) is 0 Å². The first-order valence-electron chi connectivity index (χ1n) is 4.34. The molecule has 0 radical (unpaired) electrons. The van der Waals surface area contributed by atoms with Crippen molar-refractivity contribution in [2.45, 2.75) is 32.2 Å². The van der Waals surface area contributed by atoms with Crippen LogP contribution < -0.4 is 5.32 Å². The third-order valence-corrected chi connectivity index (χ3v) is 2.16. The first-order valence-corrected chi connectivity index (χ1v) is 4.34. The minimum atomic E-state index is 0.618. The fourth-order valence-electron chi connectivity index (χ4n) is 1.32. The molecule has 0 aromatic carbocycles. The molecule has 1 nitrogen and oxygen atoms in total. The van der Waals surface area contributed by atoms with Crippen molar-refractivity contribution in [1.29, 1.82) is 0 Å². The Bertz CT molecular complexity index is 168. The zero-order valence-corrected chi connectivity index (χ0v) is 7.43. The standard InChI is InChI=1S/C10H17N/c1-9(11-2)8-10-6-4-3-5-7-10/h3-4,6,9,11H,5,7-8H2,1-2H3. The van der Waals surface area contributed by atoms with Gasteiger partial charge in [-0.15, -0.1) is 0 Å². The normalized spacial score (nSPS) is 19.6. The highest BCUT2D eigenvalue weighted by Gasteiger charge is 2.03. The van der Waals surface area contributed by atoms with Crippen LogP contribution in [-0.4, -0.2) is 13.1 Å². The Morgan fingerprint density at radius 1 is 1.64 bits per heavy atom. The molecule has 1 atom stereocenters. The van der Waals surface area contributed by atoms with Crippen molar-refractivity contribution in [2.75, 3.05) is 7.05 Å². The van der Waals surface area contributed by atoms with Gasteiger partial charge in [0.2, 0.25) is 0 Å². The summed E-state index contributed by atoms with van der Waals surface area (Å²) in [6.45, 7) is 2.22. The zero-order valence-electron chi connectivity index (χ0n) is 7.43. The second-order valence-corrected chi connectivity index (χ2v) is 3.19. The molecule has 1 rings (SSSR count). The van der Waals surface area contributed by atoms with E-state index in [0.29, 0.717) is 6.04 Å². The monoisotopic (exact) mass is 151 g/mol. The average molecular weight is 151 g/mol. The molecular formula is C10H17N. The molecule has 0 spiro atoms. The molecule has 0 bridgehead atoms. The van der Waals surface area contributed by atoms with Crippen molar-refractivity contribution in [3.05, 3.63) is 23.8 Å². The maximum atomic E-state index is 3.25. The van der Waals surface area contributed by atoms with E-state index < -0.39 is 0 Å². The Morgan fingerprint density at radius 2 is 2.45 bits per heavy atom. The average Bonchev–Trinajstić information content (AvgIpc) is 2.06. The second kappa shape index (κ2) is 4.35. The fourth-order valence-corrected chi connectivity index (χ4v) is 1.32. The number of hydrogen-bond donors (Lipinski definition) is 1. The molecule has 62 valence electrons. The van der Waals surface area contributed by atoms with E-state index in [9.17, 15) is 0 Å². The van der Waals surface area contributed by atoms with Gasteiger partial charge in [0, 0.05) is 6.04 Å². The lowest BCUT2D eigenvalue weighted by atomic mass is 9.99. The van der Waals surface area contributed by atoms with Gasteiger partial charge < -0.3 is 5.32 Å². The van der Waals surface area contributed by atoms with Crippen LogP contribution in [0.1, 0.15) is 26.2 Å². The number of hydrogen-bond acceptors (Lipinski definition) is 1. The van der Waals surface area contributed by atoms with Crippen molar-refractivity contribution < 1.29 is 0 Å². The summed E-state index contributed by atoms with van der Waals surface area (Å²) >= 11 is 0. The van der Waals surface area contributed by atoms with Crippen LogP contribution in [0.25, 0.3) is 0 Å². The lowest BCUT2D eigenvalue weighted by molar-refractivity contribution is 0.593. The van der Waals surface area contributed by atoms with Gasteiger partial charge in [-0.2, -0.15) is 0 Å². The molecule has 0 aromatic heterocycles. The highest BCUT2D eigenvalue weighted by molar-refractivity contribution is 5.18. The third kappa shape index (κ3) is 2.89. The summed E-state index contributed by atoms with van der Waals surface area (Å²) in [6, 6.07) is 0.618. The van der Waals surface area contributed by atoms with E-state index in [2.05, 4.69) is 30.5 Å². The van der Waals surface area contributed by atoms with Crippen LogP contribution in [0.3, 0.4) is 0 Å². The molecule has 0 saturated carbocycles. The first-order chi connectivity index (χ1) is 5.33. The molecule has 0 heterocycles. The van der Waals surface area contributed by atoms with Crippen LogP contribution >= 0.6 is 0 Å². The van der Waals surface area contributed by atoms with Crippen molar-refractivity contribution in [3.8, 4) is 0 Å². The molecule has 1 N–H and O–H groups in total. The first kappa shape index (κ1) is 8.54. The molecule has 1 aliphatic rings. The molecule has 1 unspecified atom stereocenters. The third-order valence-electron chi connectivity index (χ3n) is 2.16. The maximum Gasteiger partial charge on any atom is 0.00730 e. The van der Waals surface area contributed by atoms with Crippen LogP contribution in [0.15, 0.2) is 23.8 Å². The molecular weight excluding hydrogens is 134 g/mol. The van der Waals surface area contributed by atoms with Crippen molar-refractivity contribution in [3.63, 3.8) is 0 Å². The molecule has 1 heteroatoms. The van der Waals surface area contributed by atoms with E-state index in [0.717, 1.165) is 0 Å². The molecule has 1 aliphatic carbocycles. The minimum Gasteiger partial charge on any atom is -0.317 e. The topological polar surface area (TPSA) is 12.0 Å². The fraction of sp³-hybridized carbons (Fsp3) is 0.600. The summed E-state index contributed by atoms with van der Waals surface area (Å²) in [6.07, 6.45) is 10.3. The Morgan fingerprint density at radius 3 is 3.00 bits per heavy atom. The molecule has 0 fully saturated rings. The van der Waals surface area contributed by atoms with E-state index in [1.807, 2.05) is 7.05 Å². The predicted molar refractivity (Wildman–Crippen MR) is 49.6 cm³/mol. The Balaban J connectivity index is 2.35. The minimum absolute atomic E-state index is 0.618. The van der Waals surface area contributed by atoms with Crippen molar-refractivity contribution >= 4 is 0 Å². The van der Waals surface area contributed by atoms with E-state index in [4.69, 9.17) is 0 Å². The van der Waals surface area contributed by atoms with Gasteiger partial charge >= 0.3 is 0 Å². The second-order valence-electron chi connectivity index (χ2n) is 3.19. The van der Waals surface area contributed by atoms with Crippen LogP contribution in [0.4, 0.5) is 0 Å². The Hall–Kier alpha value is -0.560. The molecule has 0 aliphatic heterocycles. The van der Waals surface area contributed by atoms with Gasteiger partial charge in [0.15, 0.2) is 0 Å². The van der Waals surface area contributed by atoms with Crippen LogP contribution in [0.2, 0.25) is 0 Å². The van der Waals surface area contributed by atoms with E-state index in [1.54, 1.807) is 5.57 Å². The van der Waals surface area contributed by atoms with Crippen LogP contribution in [0.5, 0.6) is 0 Å². The highest BCUT2D eigenvalue weighted by Crippen LogP contribution is 2.16. The lowest BCUT2D eigenvalue weighted by Gasteiger charge is -2.13. The molecule has 0 saturated heterocycles. The largest absolute Gasteiger partial charge is 0.317 e. The molecule has 0 amide bonds. The van der Waals surface area contributed by atoms with Gasteiger partial charge in [-0.3, -0.25) is 0 Å². The van der Waals surface area contributed by atoms with E-state index in [-0.39, 0.29) is 0 Å². The summed E-state index contributed by atoms with van der Waals surface area (Å²) in [5.41, 5.74) is 1.58. The van der Waals surface area contributed by atoms with Gasteiger partial charge in [-0.05, 0) is 33.2 Å². The van der Waals surface area contributed by atoms with Gasteiger partial charge in [-0.1, -0.05) is 23.8 Å². The quantitative estimate of drug-likeness (QED) is 0.652. The summed E-state index contributed by atoms with van der Waals surface area (Å²) in [5, 5.41) is 3.25. The summed E-state index contributed by atoms with van der Waals surface area (Å²) in [7, 11) is 2.02. The maximum absolute atomic E-state index is 3.25. The summed E-state index contributed by atoms with van der Waals surface area (Å²) in [5.74, 6) is 0. The Kier molecular flexibility index (Phi) is 3.37. The zero-order chi connectivity index (χ0) is 8.10. The van der Waals surface area contributed by atoms with Crippen LogP contribution in [-0.2, 0) is 0 Å². The summed E-state index contributed by atoms with van der Waals surface area (Å²) < 4.78 is 0. The molecule has 0 aromatic rings. The van der Waals surface area contributed by atoms with Gasteiger partial charge in [-0.25, -0.2) is 0 Å². The Labute approximate surface area is 69.2 Å². The van der Waals surface area contributed by atoms with Gasteiger partial charge in [0.1, 0.15) is 0 Å². The van der Waals surface area contributed by atoms with E-state index in [1.165, 1.54) is 19.3 Å². The lowest BCUT2D eigenvalue weighted by Crippen LogP contribution is -2.21. The SMILES string of the molecule is CNC(C)CC1=CC=CCC1. The van der Waals surface area contributed by atoms with E-state index >= 15 is 0 Å². The smallest absolute Gasteiger partial charge is 0.00730 e. The predicted octanol–water partition coefficient (Wildman–Crippen LogP) is 2.26. The number of nitrogens with one attached hydrogen (secondary N) is 1. The van der Waals surface area contributed by atoms with Gasteiger partial charge in [0.25, 0.3) is 0 Å². The highest BCUT2D eigenvalue weighted by atomic mass is 14.8.